The lowest BCUT2D eigenvalue weighted by Gasteiger charge is -2.17. The number of hydrogen-bond acceptors (Lipinski definition) is 6. The fourth-order valence-electron chi connectivity index (χ4n) is 2.69. The van der Waals surface area contributed by atoms with Crippen molar-refractivity contribution >= 4 is 22.7 Å². The van der Waals surface area contributed by atoms with Crippen LogP contribution in [0.15, 0.2) is 34.7 Å². The molecule has 0 bridgehead atoms. The molecule has 2 aromatic heterocycles. The van der Waals surface area contributed by atoms with Crippen LogP contribution in [0.2, 0.25) is 0 Å². The standard InChI is InChI=1S/C17H17N3O4/c1-4-23-17(22)15(10(2)21)20-13-8-6-5-7-12(13)9-14(20)16-19-18-11(3)24-16/h5-9,15H,4H2,1-3H3. The molecule has 24 heavy (non-hydrogen) atoms. The van der Waals surface area contributed by atoms with E-state index in [0.29, 0.717) is 11.6 Å². The molecule has 1 atom stereocenters. The molecule has 1 unspecified atom stereocenters. The Morgan fingerprint density at radius 2 is 2.04 bits per heavy atom. The lowest BCUT2D eigenvalue weighted by Crippen LogP contribution is -2.28. The first-order chi connectivity index (χ1) is 11.5. The minimum absolute atomic E-state index is 0.191. The molecule has 124 valence electrons. The molecule has 2 heterocycles. The van der Waals surface area contributed by atoms with Crippen molar-refractivity contribution in [1.82, 2.24) is 14.8 Å². The molecule has 0 aliphatic heterocycles. The summed E-state index contributed by atoms with van der Waals surface area (Å²) in [6.45, 7) is 4.93. The van der Waals surface area contributed by atoms with Crippen LogP contribution in [0.3, 0.4) is 0 Å². The first-order valence-electron chi connectivity index (χ1n) is 7.60. The summed E-state index contributed by atoms with van der Waals surface area (Å²) in [6, 6.07) is 8.15. The maximum Gasteiger partial charge on any atom is 0.336 e. The first-order valence-corrected chi connectivity index (χ1v) is 7.60. The van der Waals surface area contributed by atoms with Gasteiger partial charge in [-0.1, -0.05) is 18.2 Å². The van der Waals surface area contributed by atoms with Crippen LogP contribution in [0.25, 0.3) is 22.5 Å². The van der Waals surface area contributed by atoms with Gasteiger partial charge in [-0.25, -0.2) is 4.79 Å². The second-order valence-corrected chi connectivity index (χ2v) is 5.35. The average molecular weight is 327 g/mol. The number of carbonyl (C=O) groups is 2. The van der Waals surface area contributed by atoms with Crippen LogP contribution in [-0.2, 0) is 14.3 Å². The summed E-state index contributed by atoms with van der Waals surface area (Å²) in [5.74, 6) is -0.285. The minimum atomic E-state index is -1.10. The van der Waals surface area contributed by atoms with Gasteiger partial charge in [0.25, 0.3) is 5.89 Å². The zero-order chi connectivity index (χ0) is 17.3. The minimum Gasteiger partial charge on any atom is -0.464 e. The van der Waals surface area contributed by atoms with Crippen molar-refractivity contribution in [3.8, 4) is 11.6 Å². The van der Waals surface area contributed by atoms with Gasteiger partial charge in [-0.05, 0) is 26.0 Å². The maximum absolute atomic E-state index is 12.4. The molecule has 0 radical (unpaired) electrons. The zero-order valence-corrected chi connectivity index (χ0v) is 13.6. The molecular formula is C17H17N3O4. The SMILES string of the molecule is CCOC(=O)C(C(C)=O)n1c(-c2nnc(C)o2)cc2ccccc21. The Balaban J connectivity index is 2.27. The number of fused-ring (bicyclic) bond motifs is 1. The van der Waals surface area contributed by atoms with Crippen molar-refractivity contribution in [3.05, 3.63) is 36.2 Å². The number of hydrogen-bond donors (Lipinski definition) is 0. The van der Waals surface area contributed by atoms with Crippen LogP contribution in [0.4, 0.5) is 0 Å². The molecular weight excluding hydrogens is 310 g/mol. The Morgan fingerprint density at radius 1 is 1.29 bits per heavy atom. The number of para-hydroxylation sites is 1. The van der Waals surface area contributed by atoms with E-state index >= 15 is 0 Å². The molecule has 0 N–H and O–H groups in total. The van der Waals surface area contributed by atoms with E-state index in [4.69, 9.17) is 9.15 Å². The third kappa shape index (κ3) is 2.68. The number of ketones is 1. The lowest BCUT2D eigenvalue weighted by molar-refractivity contribution is -0.149. The molecule has 3 aromatic rings. The van der Waals surface area contributed by atoms with Crippen LogP contribution in [0.5, 0.6) is 0 Å². The van der Waals surface area contributed by atoms with Gasteiger partial charge in [0.1, 0.15) is 5.69 Å². The van der Waals surface area contributed by atoms with Gasteiger partial charge in [0.05, 0.1) is 6.61 Å². The van der Waals surface area contributed by atoms with Crippen LogP contribution in [0.1, 0.15) is 25.8 Å². The molecule has 3 rings (SSSR count). The molecule has 0 fully saturated rings. The quantitative estimate of drug-likeness (QED) is 0.529. The highest BCUT2D eigenvalue weighted by Crippen LogP contribution is 2.31. The molecule has 1 aromatic carbocycles. The molecule has 0 aliphatic carbocycles. The highest BCUT2D eigenvalue weighted by molar-refractivity contribution is 6.02. The molecule has 7 heteroatoms. The van der Waals surface area contributed by atoms with E-state index in [1.54, 1.807) is 18.4 Å². The van der Waals surface area contributed by atoms with Gasteiger partial charge in [-0.15, -0.1) is 10.2 Å². The molecule has 0 amide bonds. The van der Waals surface area contributed by atoms with Crippen molar-refractivity contribution in [2.45, 2.75) is 26.8 Å². The predicted octanol–water partition coefficient (Wildman–Crippen LogP) is 2.69. The van der Waals surface area contributed by atoms with Crippen molar-refractivity contribution in [2.24, 2.45) is 0 Å². The maximum atomic E-state index is 12.4. The molecule has 0 aliphatic rings. The van der Waals surface area contributed by atoms with Gasteiger partial charge in [0.2, 0.25) is 5.89 Å². The largest absolute Gasteiger partial charge is 0.464 e. The number of esters is 1. The number of aryl methyl sites for hydroxylation is 1. The Morgan fingerprint density at radius 3 is 2.67 bits per heavy atom. The average Bonchev–Trinajstić information content (AvgIpc) is 3.12. The summed E-state index contributed by atoms with van der Waals surface area (Å²) >= 11 is 0. The van der Waals surface area contributed by atoms with Crippen molar-refractivity contribution in [2.75, 3.05) is 6.61 Å². The third-order valence-corrected chi connectivity index (χ3v) is 3.65. The van der Waals surface area contributed by atoms with Crippen molar-refractivity contribution in [1.29, 1.82) is 0 Å². The number of Topliss-reactive ketones (excluding diaryl/α,β-unsaturated/α-hetero) is 1. The number of nitrogens with zero attached hydrogens (tertiary/aromatic N) is 3. The molecule has 0 saturated heterocycles. The highest BCUT2D eigenvalue weighted by atomic mass is 16.5. The smallest absolute Gasteiger partial charge is 0.336 e. The highest BCUT2D eigenvalue weighted by Gasteiger charge is 2.31. The number of carbonyl (C=O) groups excluding carboxylic acids is 2. The van der Waals surface area contributed by atoms with Gasteiger partial charge in [-0.2, -0.15) is 0 Å². The molecule has 0 spiro atoms. The van der Waals surface area contributed by atoms with E-state index < -0.39 is 12.0 Å². The van der Waals surface area contributed by atoms with Gasteiger partial charge in [-0.3, -0.25) is 4.79 Å². The summed E-state index contributed by atoms with van der Waals surface area (Å²) in [4.78, 5) is 24.6. The fourth-order valence-corrected chi connectivity index (χ4v) is 2.69. The third-order valence-electron chi connectivity index (χ3n) is 3.65. The Kier molecular flexibility index (Phi) is 4.16. The first kappa shape index (κ1) is 15.9. The fraction of sp³-hybridized carbons (Fsp3) is 0.294. The second-order valence-electron chi connectivity index (χ2n) is 5.35. The summed E-state index contributed by atoms with van der Waals surface area (Å²) in [7, 11) is 0. The zero-order valence-electron chi connectivity index (χ0n) is 13.6. The topological polar surface area (TPSA) is 87.2 Å². The number of rotatable bonds is 5. The summed E-state index contributed by atoms with van der Waals surface area (Å²) in [5.41, 5.74) is 1.22. The second kappa shape index (κ2) is 6.27. The molecule has 0 saturated carbocycles. The molecule has 7 nitrogen and oxygen atoms in total. The number of aromatic nitrogens is 3. The lowest BCUT2D eigenvalue weighted by atomic mass is 10.2. The van der Waals surface area contributed by atoms with E-state index in [-0.39, 0.29) is 18.3 Å². The van der Waals surface area contributed by atoms with E-state index in [1.807, 2.05) is 30.3 Å². The van der Waals surface area contributed by atoms with Crippen LogP contribution in [-0.4, -0.2) is 33.1 Å². The van der Waals surface area contributed by atoms with Crippen LogP contribution >= 0.6 is 0 Å². The van der Waals surface area contributed by atoms with Gasteiger partial charge >= 0.3 is 5.97 Å². The van der Waals surface area contributed by atoms with Crippen LogP contribution in [0, 0.1) is 6.92 Å². The summed E-state index contributed by atoms with van der Waals surface area (Å²) in [6.07, 6.45) is 0. The van der Waals surface area contributed by atoms with E-state index in [2.05, 4.69) is 10.2 Å². The summed E-state index contributed by atoms with van der Waals surface area (Å²) in [5, 5.41) is 8.71. The van der Waals surface area contributed by atoms with Gasteiger partial charge in [0, 0.05) is 17.8 Å². The number of ether oxygens (including phenoxy) is 1. The van der Waals surface area contributed by atoms with Crippen molar-refractivity contribution in [3.63, 3.8) is 0 Å². The Labute approximate surface area is 138 Å². The van der Waals surface area contributed by atoms with E-state index in [1.165, 1.54) is 6.92 Å². The van der Waals surface area contributed by atoms with Crippen molar-refractivity contribution < 1.29 is 18.7 Å². The number of benzene rings is 1. The monoisotopic (exact) mass is 327 g/mol. The Bertz CT molecular complexity index is 910. The van der Waals surface area contributed by atoms with Crippen LogP contribution < -0.4 is 0 Å². The normalized spacial score (nSPS) is 12.3. The predicted molar refractivity (Wildman–Crippen MR) is 86.3 cm³/mol. The Hall–Kier alpha value is -2.96. The van der Waals surface area contributed by atoms with E-state index in [9.17, 15) is 9.59 Å². The van der Waals surface area contributed by atoms with Gasteiger partial charge in [0.15, 0.2) is 11.8 Å². The van der Waals surface area contributed by atoms with Gasteiger partial charge < -0.3 is 13.7 Å². The summed E-state index contributed by atoms with van der Waals surface area (Å²) < 4.78 is 12.2. The van der Waals surface area contributed by atoms with E-state index in [0.717, 1.165) is 10.9 Å².